The Kier molecular flexibility index (Phi) is 5.40. The first-order valence-corrected chi connectivity index (χ1v) is 8.57. The average Bonchev–Trinajstić information content (AvgIpc) is 2.71. The minimum absolute atomic E-state index is 0.0312. The summed E-state index contributed by atoms with van der Waals surface area (Å²) in [6.07, 6.45) is 3.60. The molecular weight excluding hydrogens is 310 g/mol. The van der Waals surface area contributed by atoms with Crippen molar-refractivity contribution in [2.24, 2.45) is 5.92 Å². The summed E-state index contributed by atoms with van der Waals surface area (Å²) in [6, 6.07) is -0.249. The summed E-state index contributed by atoms with van der Waals surface area (Å²) in [5, 5.41) is 2.69. The molecule has 2 bridgehead atoms. The van der Waals surface area contributed by atoms with Crippen LogP contribution in [0.3, 0.4) is 0 Å². The molecule has 0 spiro atoms. The van der Waals surface area contributed by atoms with Gasteiger partial charge in [-0.3, -0.25) is 0 Å². The number of alkyl carbamates (subject to hydrolysis) is 1. The molecule has 24 heavy (non-hydrogen) atoms. The Labute approximate surface area is 143 Å². The zero-order chi connectivity index (χ0) is 18.1. The second-order valence-corrected chi connectivity index (χ2v) is 8.01. The smallest absolute Gasteiger partial charge is 0.408 e. The summed E-state index contributed by atoms with van der Waals surface area (Å²) in [4.78, 5) is 39.3. The maximum Gasteiger partial charge on any atom is 0.408 e. The number of fused-ring (bicyclic) bond motifs is 2. The summed E-state index contributed by atoms with van der Waals surface area (Å²) in [7, 11) is 3.51. The molecule has 2 heterocycles. The summed E-state index contributed by atoms with van der Waals surface area (Å²) < 4.78 is 5.24. The molecule has 0 aromatic rings. The van der Waals surface area contributed by atoms with Crippen molar-refractivity contribution in [2.75, 3.05) is 14.1 Å². The molecule has 3 amide bonds. The molecule has 3 atom stereocenters. The molecule has 3 unspecified atom stereocenters. The van der Waals surface area contributed by atoms with E-state index in [4.69, 9.17) is 4.74 Å². The third kappa shape index (κ3) is 4.19. The topological polar surface area (TPSA) is 79.0 Å². The van der Waals surface area contributed by atoms with Crippen LogP contribution in [0.4, 0.5) is 9.59 Å². The van der Waals surface area contributed by atoms with Crippen molar-refractivity contribution in [3.8, 4) is 0 Å². The number of carbonyl (C=O) groups excluding carboxylic acids is 3. The van der Waals surface area contributed by atoms with E-state index in [0.29, 0.717) is 0 Å². The third-order valence-corrected chi connectivity index (χ3v) is 4.71. The maximum absolute atomic E-state index is 12.3. The van der Waals surface area contributed by atoms with Gasteiger partial charge in [0.2, 0.25) is 0 Å². The fraction of sp³-hybridized carbons (Fsp3) is 0.824. The van der Waals surface area contributed by atoms with Gasteiger partial charge in [-0.25, -0.2) is 9.59 Å². The highest BCUT2D eigenvalue weighted by atomic mass is 16.6. The first-order valence-electron chi connectivity index (χ1n) is 8.57. The lowest BCUT2D eigenvalue weighted by Gasteiger charge is -2.41. The van der Waals surface area contributed by atoms with Crippen LogP contribution in [0.1, 0.15) is 46.5 Å². The molecule has 0 radical (unpaired) electrons. The monoisotopic (exact) mass is 339 g/mol. The molecule has 0 aromatic carbocycles. The number of nitrogens with zero attached hydrogens (tertiary/aromatic N) is 2. The molecule has 136 valence electrons. The normalized spacial score (nSPS) is 27.4. The third-order valence-electron chi connectivity index (χ3n) is 4.71. The molecule has 7 nitrogen and oxygen atoms in total. The SMILES string of the molecule is CN(C)C(=O)N1C2CCC1CC(C(C=O)NC(=O)OC(C)(C)C)C2. The quantitative estimate of drug-likeness (QED) is 0.798. The van der Waals surface area contributed by atoms with Gasteiger partial charge in [0.15, 0.2) is 0 Å². The van der Waals surface area contributed by atoms with E-state index < -0.39 is 17.7 Å². The molecule has 1 N–H and O–H groups in total. The predicted octanol–water partition coefficient (Wildman–Crippen LogP) is 2.00. The van der Waals surface area contributed by atoms with Crippen molar-refractivity contribution in [1.82, 2.24) is 15.1 Å². The molecule has 0 saturated carbocycles. The number of ether oxygens (including phenoxy) is 1. The maximum atomic E-state index is 12.3. The first-order chi connectivity index (χ1) is 11.1. The van der Waals surface area contributed by atoms with E-state index >= 15 is 0 Å². The van der Waals surface area contributed by atoms with E-state index in [2.05, 4.69) is 5.32 Å². The number of rotatable bonds is 3. The number of hydrogen-bond acceptors (Lipinski definition) is 4. The van der Waals surface area contributed by atoms with Gasteiger partial charge in [0.25, 0.3) is 0 Å². The lowest BCUT2D eigenvalue weighted by Crippen LogP contribution is -2.54. The summed E-state index contributed by atoms with van der Waals surface area (Å²) in [5.41, 5.74) is -0.599. The number of urea groups is 1. The van der Waals surface area contributed by atoms with Gasteiger partial charge in [0, 0.05) is 26.2 Å². The fourth-order valence-electron chi connectivity index (χ4n) is 3.76. The molecule has 2 saturated heterocycles. The van der Waals surface area contributed by atoms with Gasteiger partial charge in [-0.15, -0.1) is 0 Å². The Hall–Kier alpha value is -1.79. The number of carbonyl (C=O) groups is 3. The molecule has 0 aliphatic carbocycles. The molecule has 2 aliphatic rings. The first kappa shape index (κ1) is 18.5. The largest absolute Gasteiger partial charge is 0.444 e. The van der Waals surface area contributed by atoms with Crippen molar-refractivity contribution >= 4 is 18.4 Å². The van der Waals surface area contributed by atoms with Gasteiger partial charge >= 0.3 is 12.1 Å². The number of nitrogens with one attached hydrogen (secondary N) is 1. The highest BCUT2D eigenvalue weighted by Crippen LogP contribution is 2.40. The van der Waals surface area contributed by atoms with Gasteiger partial charge in [-0.05, 0) is 52.4 Å². The molecular formula is C17H29N3O4. The van der Waals surface area contributed by atoms with Crippen LogP contribution < -0.4 is 5.32 Å². The number of piperidine rings is 1. The van der Waals surface area contributed by atoms with Crippen molar-refractivity contribution in [1.29, 1.82) is 0 Å². The van der Waals surface area contributed by atoms with E-state index in [-0.39, 0.29) is 24.0 Å². The zero-order valence-corrected chi connectivity index (χ0v) is 15.2. The standard InChI is InChI=1S/C17H29N3O4/c1-17(2,3)24-15(22)18-14(10-21)11-8-12-6-7-13(9-11)20(12)16(23)19(4)5/h10-14H,6-9H2,1-5H3,(H,18,22). The fourth-order valence-corrected chi connectivity index (χ4v) is 3.76. The minimum atomic E-state index is -0.599. The second kappa shape index (κ2) is 6.99. The van der Waals surface area contributed by atoms with E-state index in [1.165, 1.54) is 0 Å². The van der Waals surface area contributed by atoms with Gasteiger partial charge in [-0.1, -0.05) is 0 Å². The van der Waals surface area contributed by atoms with Gasteiger partial charge in [0.05, 0.1) is 6.04 Å². The minimum Gasteiger partial charge on any atom is -0.444 e. The van der Waals surface area contributed by atoms with Crippen molar-refractivity contribution < 1.29 is 19.1 Å². The van der Waals surface area contributed by atoms with Crippen LogP contribution in [0.2, 0.25) is 0 Å². The Bertz CT molecular complexity index is 487. The van der Waals surface area contributed by atoms with E-state index in [1.54, 1.807) is 39.8 Å². The van der Waals surface area contributed by atoms with Gasteiger partial charge in [0.1, 0.15) is 11.9 Å². The van der Waals surface area contributed by atoms with Crippen molar-refractivity contribution in [3.63, 3.8) is 0 Å². The zero-order valence-electron chi connectivity index (χ0n) is 15.2. The Morgan fingerprint density at radius 3 is 2.17 bits per heavy atom. The molecule has 2 fully saturated rings. The molecule has 2 rings (SSSR count). The average molecular weight is 339 g/mol. The summed E-state index contributed by atoms with van der Waals surface area (Å²) in [5.74, 6) is 0.0405. The Morgan fingerprint density at radius 2 is 1.75 bits per heavy atom. The number of hydrogen-bond donors (Lipinski definition) is 1. The lowest BCUT2D eigenvalue weighted by atomic mass is 9.85. The van der Waals surface area contributed by atoms with Crippen LogP contribution in [0.15, 0.2) is 0 Å². The number of aldehydes is 1. The van der Waals surface area contributed by atoms with Crippen LogP contribution in [-0.2, 0) is 9.53 Å². The van der Waals surface area contributed by atoms with Gasteiger partial charge in [-0.2, -0.15) is 0 Å². The molecule has 2 aliphatic heterocycles. The van der Waals surface area contributed by atoms with E-state index in [9.17, 15) is 14.4 Å². The second-order valence-electron chi connectivity index (χ2n) is 8.01. The summed E-state index contributed by atoms with van der Waals surface area (Å²) >= 11 is 0. The van der Waals surface area contributed by atoms with Crippen LogP contribution in [0, 0.1) is 5.92 Å². The Morgan fingerprint density at radius 1 is 1.21 bits per heavy atom. The highest BCUT2D eigenvalue weighted by Gasteiger charge is 2.45. The van der Waals surface area contributed by atoms with E-state index in [1.807, 2.05) is 4.90 Å². The highest BCUT2D eigenvalue weighted by molar-refractivity contribution is 5.76. The van der Waals surface area contributed by atoms with Gasteiger partial charge < -0.3 is 24.6 Å². The Balaban J connectivity index is 2.00. The van der Waals surface area contributed by atoms with Crippen LogP contribution in [-0.4, -0.2) is 66.0 Å². The predicted molar refractivity (Wildman–Crippen MR) is 89.7 cm³/mol. The van der Waals surface area contributed by atoms with Crippen molar-refractivity contribution in [2.45, 2.75) is 70.2 Å². The van der Waals surface area contributed by atoms with Crippen LogP contribution >= 0.6 is 0 Å². The van der Waals surface area contributed by atoms with E-state index in [0.717, 1.165) is 32.0 Å². The van der Waals surface area contributed by atoms with Crippen LogP contribution in [0.5, 0.6) is 0 Å². The molecule has 7 heteroatoms. The van der Waals surface area contributed by atoms with Crippen molar-refractivity contribution in [3.05, 3.63) is 0 Å². The van der Waals surface area contributed by atoms with Crippen LogP contribution in [0.25, 0.3) is 0 Å². The molecule has 0 aromatic heterocycles. The summed E-state index contributed by atoms with van der Waals surface area (Å²) in [6.45, 7) is 5.36. The lowest BCUT2D eigenvalue weighted by molar-refractivity contribution is -0.111. The number of amides is 3.